The Hall–Kier alpha value is -2.88. The number of pyridine rings is 1. The van der Waals surface area contributed by atoms with Crippen molar-refractivity contribution in [2.75, 3.05) is 5.32 Å². The van der Waals surface area contributed by atoms with Crippen LogP contribution in [0.4, 0.5) is 5.69 Å². The third-order valence-corrected chi connectivity index (χ3v) is 3.57. The first kappa shape index (κ1) is 11.9. The van der Waals surface area contributed by atoms with Gasteiger partial charge in [0.2, 0.25) is 0 Å². The van der Waals surface area contributed by atoms with E-state index in [2.05, 4.69) is 56.9 Å². The van der Waals surface area contributed by atoms with Crippen LogP contribution in [0.2, 0.25) is 0 Å². The quantitative estimate of drug-likeness (QED) is 0.598. The second-order valence-corrected chi connectivity index (χ2v) is 5.02. The Morgan fingerprint density at radius 1 is 0.952 bits per heavy atom. The average Bonchev–Trinajstić information content (AvgIpc) is 3.00. The highest BCUT2D eigenvalue weighted by molar-refractivity contribution is 5.81. The number of rotatable bonds is 3. The molecule has 0 aliphatic heterocycles. The molecule has 102 valence electrons. The van der Waals surface area contributed by atoms with Crippen molar-refractivity contribution in [2.24, 2.45) is 0 Å². The smallest absolute Gasteiger partial charge is 0.0706 e. The normalized spacial score (nSPS) is 11.0. The molecule has 2 N–H and O–H groups in total. The van der Waals surface area contributed by atoms with Crippen molar-refractivity contribution in [1.29, 1.82) is 0 Å². The average molecular weight is 274 g/mol. The molecule has 2 heterocycles. The second kappa shape index (κ2) is 4.90. The lowest BCUT2D eigenvalue weighted by Gasteiger charge is -2.07. The molecule has 4 aromatic rings. The SMILES string of the molecule is c1ccc2nc(CNc3ccc4cn[nH]c4c3)ccc2c1. The van der Waals surface area contributed by atoms with Crippen LogP contribution in [0.1, 0.15) is 5.69 Å². The molecule has 21 heavy (non-hydrogen) atoms. The molecule has 4 rings (SSSR count). The molecule has 0 bridgehead atoms. The number of fused-ring (bicyclic) bond motifs is 2. The van der Waals surface area contributed by atoms with Crippen molar-refractivity contribution >= 4 is 27.5 Å². The largest absolute Gasteiger partial charge is 0.379 e. The van der Waals surface area contributed by atoms with Gasteiger partial charge in [-0.05, 0) is 30.3 Å². The maximum absolute atomic E-state index is 4.66. The Morgan fingerprint density at radius 3 is 2.86 bits per heavy atom. The van der Waals surface area contributed by atoms with Gasteiger partial charge in [0.25, 0.3) is 0 Å². The van der Waals surface area contributed by atoms with Crippen LogP contribution in [-0.4, -0.2) is 15.2 Å². The van der Waals surface area contributed by atoms with E-state index in [0.717, 1.165) is 27.8 Å². The predicted octanol–water partition coefficient (Wildman–Crippen LogP) is 3.72. The summed E-state index contributed by atoms with van der Waals surface area (Å²) in [5, 5.41) is 12.7. The van der Waals surface area contributed by atoms with Crippen LogP contribution in [0.15, 0.2) is 60.8 Å². The highest BCUT2D eigenvalue weighted by atomic mass is 15.1. The van der Waals surface area contributed by atoms with Crippen molar-refractivity contribution in [2.45, 2.75) is 6.54 Å². The molecule has 0 atom stereocenters. The van der Waals surface area contributed by atoms with Crippen LogP contribution < -0.4 is 5.32 Å². The minimum absolute atomic E-state index is 0.699. The minimum Gasteiger partial charge on any atom is -0.379 e. The zero-order valence-electron chi connectivity index (χ0n) is 11.4. The summed E-state index contributed by atoms with van der Waals surface area (Å²) in [6.07, 6.45) is 1.82. The molecule has 0 spiro atoms. The second-order valence-electron chi connectivity index (χ2n) is 5.02. The van der Waals surface area contributed by atoms with E-state index < -0.39 is 0 Å². The lowest BCUT2D eigenvalue weighted by molar-refractivity contribution is 1.07. The third-order valence-electron chi connectivity index (χ3n) is 3.57. The molecule has 0 fully saturated rings. The van der Waals surface area contributed by atoms with E-state index in [1.54, 1.807) is 0 Å². The summed E-state index contributed by atoms with van der Waals surface area (Å²) in [6, 6.07) is 18.5. The molecule has 2 aromatic heterocycles. The van der Waals surface area contributed by atoms with E-state index >= 15 is 0 Å². The molecule has 0 saturated heterocycles. The summed E-state index contributed by atoms with van der Waals surface area (Å²) in [7, 11) is 0. The topological polar surface area (TPSA) is 53.6 Å². The molecule has 2 aromatic carbocycles. The van der Waals surface area contributed by atoms with Crippen molar-refractivity contribution in [3.8, 4) is 0 Å². The van der Waals surface area contributed by atoms with Gasteiger partial charge in [0, 0.05) is 16.5 Å². The number of aromatic nitrogens is 3. The fourth-order valence-corrected chi connectivity index (χ4v) is 2.45. The van der Waals surface area contributed by atoms with Crippen LogP contribution >= 0.6 is 0 Å². The van der Waals surface area contributed by atoms with Gasteiger partial charge in [0.1, 0.15) is 0 Å². The zero-order valence-corrected chi connectivity index (χ0v) is 11.4. The van der Waals surface area contributed by atoms with E-state index in [1.165, 1.54) is 5.39 Å². The molecule has 0 amide bonds. The Kier molecular flexibility index (Phi) is 2.78. The summed E-state index contributed by atoms with van der Waals surface area (Å²) < 4.78 is 0. The summed E-state index contributed by atoms with van der Waals surface area (Å²) >= 11 is 0. The van der Waals surface area contributed by atoms with Gasteiger partial charge in [-0.15, -0.1) is 0 Å². The number of H-pyrrole nitrogens is 1. The lowest BCUT2D eigenvalue weighted by atomic mass is 10.2. The van der Waals surface area contributed by atoms with E-state index in [0.29, 0.717) is 6.54 Å². The highest BCUT2D eigenvalue weighted by Gasteiger charge is 2.00. The number of nitrogens with one attached hydrogen (secondary N) is 2. The van der Waals surface area contributed by atoms with Crippen LogP contribution in [0.5, 0.6) is 0 Å². The Bertz CT molecular complexity index is 911. The number of aromatic amines is 1. The Labute approximate surface area is 121 Å². The van der Waals surface area contributed by atoms with Gasteiger partial charge in [-0.3, -0.25) is 10.1 Å². The van der Waals surface area contributed by atoms with Gasteiger partial charge >= 0.3 is 0 Å². The summed E-state index contributed by atoms with van der Waals surface area (Å²) in [4.78, 5) is 4.66. The first-order valence-electron chi connectivity index (χ1n) is 6.90. The number of para-hydroxylation sites is 1. The van der Waals surface area contributed by atoms with Gasteiger partial charge in [0.15, 0.2) is 0 Å². The van der Waals surface area contributed by atoms with Crippen molar-refractivity contribution < 1.29 is 0 Å². The molecule has 0 radical (unpaired) electrons. The molecule has 0 aliphatic rings. The fraction of sp³-hybridized carbons (Fsp3) is 0.0588. The van der Waals surface area contributed by atoms with E-state index in [4.69, 9.17) is 0 Å². The maximum Gasteiger partial charge on any atom is 0.0706 e. The molecule has 0 unspecified atom stereocenters. The van der Waals surface area contributed by atoms with Crippen LogP contribution in [0, 0.1) is 0 Å². The number of hydrogen-bond acceptors (Lipinski definition) is 3. The summed E-state index contributed by atoms with van der Waals surface area (Å²) in [5.74, 6) is 0. The molecular weight excluding hydrogens is 260 g/mol. The highest BCUT2D eigenvalue weighted by Crippen LogP contribution is 2.18. The molecule has 0 aliphatic carbocycles. The third kappa shape index (κ3) is 2.31. The van der Waals surface area contributed by atoms with Crippen molar-refractivity contribution in [1.82, 2.24) is 15.2 Å². The minimum atomic E-state index is 0.699. The van der Waals surface area contributed by atoms with Crippen molar-refractivity contribution in [3.05, 3.63) is 66.5 Å². The Balaban J connectivity index is 1.56. The number of nitrogens with zero attached hydrogens (tertiary/aromatic N) is 2. The van der Waals surface area contributed by atoms with Crippen molar-refractivity contribution in [3.63, 3.8) is 0 Å². The van der Waals surface area contributed by atoms with Crippen LogP contribution in [0.3, 0.4) is 0 Å². The van der Waals surface area contributed by atoms with Crippen LogP contribution in [-0.2, 0) is 6.54 Å². The number of hydrogen-bond donors (Lipinski definition) is 2. The summed E-state index contributed by atoms with van der Waals surface area (Å²) in [6.45, 7) is 0.699. The van der Waals surface area contributed by atoms with Gasteiger partial charge in [-0.25, -0.2) is 0 Å². The maximum atomic E-state index is 4.66. The van der Waals surface area contributed by atoms with Gasteiger partial charge in [-0.1, -0.05) is 24.3 Å². The fourth-order valence-electron chi connectivity index (χ4n) is 2.45. The first-order valence-corrected chi connectivity index (χ1v) is 6.90. The molecule has 0 saturated carbocycles. The Morgan fingerprint density at radius 2 is 1.86 bits per heavy atom. The van der Waals surface area contributed by atoms with Crippen LogP contribution in [0.25, 0.3) is 21.8 Å². The van der Waals surface area contributed by atoms with E-state index in [1.807, 2.05) is 24.4 Å². The van der Waals surface area contributed by atoms with E-state index in [-0.39, 0.29) is 0 Å². The molecule has 4 nitrogen and oxygen atoms in total. The first-order chi connectivity index (χ1) is 10.4. The predicted molar refractivity (Wildman–Crippen MR) is 85.2 cm³/mol. The molecular formula is C17H14N4. The number of benzene rings is 2. The lowest BCUT2D eigenvalue weighted by Crippen LogP contribution is -2.01. The van der Waals surface area contributed by atoms with Gasteiger partial charge < -0.3 is 5.32 Å². The van der Waals surface area contributed by atoms with E-state index in [9.17, 15) is 0 Å². The standard InChI is InChI=1S/C17H14N4/c1-2-4-16-12(3-1)5-8-15(20-16)11-18-14-7-6-13-10-19-21-17(13)9-14/h1-10,18H,11H2,(H,19,21). The van der Waals surface area contributed by atoms with Gasteiger partial charge in [-0.2, -0.15) is 5.10 Å². The zero-order chi connectivity index (χ0) is 14.1. The number of anilines is 1. The molecule has 4 heteroatoms. The summed E-state index contributed by atoms with van der Waals surface area (Å²) in [5.41, 5.74) is 4.15. The monoisotopic (exact) mass is 274 g/mol. The van der Waals surface area contributed by atoms with Gasteiger partial charge in [0.05, 0.1) is 29.5 Å².